The lowest BCUT2D eigenvalue weighted by Crippen LogP contribution is -1.97. The fraction of sp³-hybridized carbons (Fsp3) is 0. The highest BCUT2D eigenvalue weighted by Crippen LogP contribution is 2.11. The molecular formula is C8H5BrFN3. The summed E-state index contributed by atoms with van der Waals surface area (Å²) in [6.45, 7) is 0. The number of rotatable bonds is 1. The van der Waals surface area contributed by atoms with Gasteiger partial charge in [0.1, 0.15) is 17.8 Å². The monoisotopic (exact) mass is 241 g/mol. The molecule has 0 aliphatic heterocycles. The number of para-hydroxylation sites is 1. The standard InChI is InChI=1S/C8H5BrFN3/c9-8-11-5-13(12-8)7-4-2-1-3-6(7)10/h1-5H. The molecule has 0 aliphatic carbocycles. The minimum absolute atomic E-state index is 0.320. The normalized spacial score (nSPS) is 10.3. The predicted molar refractivity (Wildman–Crippen MR) is 49.0 cm³/mol. The zero-order chi connectivity index (χ0) is 9.26. The van der Waals surface area contributed by atoms with Crippen molar-refractivity contribution in [1.29, 1.82) is 0 Å². The Morgan fingerprint density at radius 3 is 2.69 bits per heavy atom. The number of hydrogen-bond acceptors (Lipinski definition) is 2. The Morgan fingerprint density at radius 1 is 1.31 bits per heavy atom. The summed E-state index contributed by atoms with van der Waals surface area (Å²) in [4.78, 5) is 3.84. The molecule has 2 aromatic rings. The van der Waals surface area contributed by atoms with E-state index in [1.54, 1.807) is 18.2 Å². The van der Waals surface area contributed by atoms with Crippen molar-refractivity contribution in [3.8, 4) is 5.69 Å². The molecule has 1 aromatic heterocycles. The van der Waals surface area contributed by atoms with Crippen LogP contribution in [-0.4, -0.2) is 14.8 Å². The molecule has 0 radical (unpaired) electrons. The SMILES string of the molecule is Fc1ccccc1-n1cnc(Br)n1. The van der Waals surface area contributed by atoms with Gasteiger partial charge in [-0.2, -0.15) is 0 Å². The first-order valence-corrected chi connectivity index (χ1v) is 4.39. The number of nitrogens with zero attached hydrogens (tertiary/aromatic N) is 3. The van der Waals surface area contributed by atoms with Crippen molar-refractivity contribution < 1.29 is 4.39 Å². The zero-order valence-electron chi connectivity index (χ0n) is 6.48. The van der Waals surface area contributed by atoms with E-state index in [1.807, 2.05) is 0 Å². The highest BCUT2D eigenvalue weighted by Gasteiger charge is 2.04. The molecule has 0 unspecified atom stereocenters. The van der Waals surface area contributed by atoms with Crippen LogP contribution < -0.4 is 0 Å². The van der Waals surface area contributed by atoms with E-state index in [1.165, 1.54) is 17.1 Å². The van der Waals surface area contributed by atoms with E-state index < -0.39 is 0 Å². The van der Waals surface area contributed by atoms with Crippen LogP contribution in [0.2, 0.25) is 0 Å². The quantitative estimate of drug-likeness (QED) is 0.767. The van der Waals surface area contributed by atoms with E-state index >= 15 is 0 Å². The van der Waals surface area contributed by atoms with Crippen LogP contribution in [0.5, 0.6) is 0 Å². The van der Waals surface area contributed by atoms with Crippen LogP contribution in [0.15, 0.2) is 35.3 Å². The summed E-state index contributed by atoms with van der Waals surface area (Å²) in [7, 11) is 0. The van der Waals surface area contributed by atoms with Gasteiger partial charge in [-0.1, -0.05) is 12.1 Å². The third-order valence-corrected chi connectivity index (χ3v) is 1.93. The second-order valence-corrected chi connectivity index (χ2v) is 3.12. The Balaban J connectivity index is 2.52. The molecule has 0 N–H and O–H groups in total. The summed E-state index contributed by atoms with van der Waals surface area (Å²) in [5.41, 5.74) is 0.390. The largest absolute Gasteiger partial charge is 0.217 e. The smallest absolute Gasteiger partial charge is 0.217 e. The second kappa shape index (κ2) is 3.26. The molecule has 0 atom stereocenters. The lowest BCUT2D eigenvalue weighted by atomic mass is 10.3. The van der Waals surface area contributed by atoms with Gasteiger partial charge in [0.2, 0.25) is 4.73 Å². The minimum atomic E-state index is -0.320. The lowest BCUT2D eigenvalue weighted by molar-refractivity contribution is 0.610. The van der Waals surface area contributed by atoms with Gasteiger partial charge in [-0.05, 0) is 28.1 Å². The van der Waals surface area contributed by atoms with Gasteiger partial charge in [-0.25, -0.2) is 14.1 Å². The molecule has 0 aliphatic rings. The summed E-state index contributed by atoms with van der Waals surface area (Å²) in [5.74, 6) is -0.320. The molecule has 0 fully saturated rings. The second-order valence-electron chi connectivity index (χ2n) is 2.41. The van der Waals surface area contributed by atoms with E-state index in [0.29, 0.717) is 10.4 Å². The maximum atomic E-state index is 13.2. The lowest BCUT2D eigenvalue weighted by Gasteiger charge is -1.99. The summed E-state index contributed by atoms with van der Waals surface area (Å²) in [5, 5.41) is 3.92. The van der Waals surface area contributed by atoms with Gasteiger partial charge in [-0.15, -0.1) is 5.10 Å². The average molecular weight is 242 g/mol. The predicted octanol–water partition coefficient (Wildman–Crippen LogP) is 2.17. The molecule has 0 bridgehead atoms. The highest BCUT2D eigenvalue weighted by molar-refractivity contribution is 9.10. The Bertz CT molecular complexity index is 427. The first-order chi connectivity index (χ1) is 6.27. The van der Waals surface area contributed by atoms with Gasteiger partial charge in [0.15, 0.2) is 0 Å². The summed E-state index contributed by atoms with van der Waals surface area (Å²) < 4.78 is 15.0. The Kier molecular flexibility index (Phi) is 2.10. The van der Waals surface area contributed by atoms with Crippen molar-refractivity contribution in [2.24, 2.45) is 0 Å². The highest BCUT2D eigenvalue weighted by atomic mass is 79.9. The van der Waals surface area contributed by atoms with Crippen molar-refractivity contribution in [2.45, 2.75) is 0 Å². The van der Waals surface area contributed by atoms with Gasteiger partial charge < -0.3 is 0 Å². The fourth-order valence-electron chi connectivity index (χ4n) is 0.996. The van der Waals surface area contributed by atoms with Crippen molar-refractivity contribution in [2.75, 3.05) is 0 Å². The van der Waals surface area contributed by atoms with Crippen LogP contribution in [0.3, 0.4) is 0 Å². The summed E-state index contributed by atoms with van der Waals surface area (Å²) >= 11 is 3.09. The molecule has 0 spiro atoms. The van der Waals surface area contributed by atoms with E-state index in [9.17, 15) is 4.39 Å². The van der Waals surface area contributed by atoms with Crippen LogP contribution in [0, 0.1) is 5.82 Å². The van der Waals surface area contributed by atoms with Crippen LogP contribution >= 0.6 is 15.9 Å². The van der Waals surface area contributed by atoms with Crippen LogP contribution in [0.25, 0.3) is 5.69 Å². The van der Waals surface area contributed by atoms with Crippen LogP contribution in [0.4, 0.5) is 4.39 Å². The van der Waals surface area contributed by atoms with Crippen LogP contribution in [0.1, 0.15) is 0 Å². The first-order valence-electron chi connectivity index (χ1n) is 3.59. The van der Waals surface area contributed by atoms with Gasteiger partial charge in [-0.3, -0.25) is 0 Å². The maximum absolute atomic E-state index is 13.2. The van der Waals surface area contributed by atoms with Gasteiger partial charge in [0.05, 0.1) is 0 Å². The number of hydrogen-bond donors (Lipinski definition) is 0. The molecule has 2 rings (SSSR count). The molecular weight excluding hydrogens is 237 g/mol. The summed E-state index contributed by atoms with van der Waals surface area (Å²) in [6, 6.07) is 6.39. The molecule has 66 valence electrons. The number of aromatic nitrogens is 3. The van der Waals surface area contributed by atoms with E-state index in [0.717, 1.165) is 0 Å². The van der Waals surface area contributed by atoms with Crippen molar-refractivity contribution >= 4 is 15.9 Å². The Hall–Kier alpha value is -1.23. The Labute approximate surface area is 82.3 Å². The van der Waals surface area contributed by atoms with Gasteiger partial charge >= 0.3 is 0 Å². The number of benzene rings is 1. The van der Waals surface area contributed by atoms with Gasteiger partial charge in [0, 0.05) is 0 Å². The van der Waals surface area contributed by atoms with E-state index in [2.05, 4.69) is 26.0 Å². The first kappa shape index (κ1) is 8.37. The molecule has 5 heteroatoms. The maximum Gasteiger partial charge on any atom is 0.217 e. The molecule has 1 aromatic carbocycles. The average Bonchev–Trinajstić information content (AvgIpc) is 2.53. The fourth-order valence-corrected chi connectivity index (χ4v) is 1.26. The van der Waals surface area contributed by atoms with Gasteiger partial charge in [0.25, 0.3) is 0 Å². The molecule has 0 amide bonds. The third-order valence-electron chi connectivity index (χ3n) is 1.56. The van der Waals surface area contributed by atoms with Crippen LogP contribution in [-0.2, 0) is 0 Å². The number of halogens is 2. The van der Waals surface area contributed by atoms with E-state index in [4.69, 9.17) is 0 Å². The zero-order valence-corrected chi connectivity index (χ0v) is 8.07. The summed E-state index contributed by atoms with van der Waals surface area (Å²) in [6.07, 6.45) is 1.45. The molecule has 13 heavy (non-hydrogen) atoms. The topological polar surface area (TPSA) is 30.7 Å². The molecule has 3 nitrogen and oxygen atoms in total. The van der Waals surface area contributed by atoms with E-state index in [-0.39, 0.29) is 5.82 Å². The van der Waals surface area contributed by atoms with Crippen molar-refractivity contribution in [1.82, 2.24) is 14.8 Å². The minimum Gasteiger partial charge on any atom is -0.217 e. The third kappa shape index (κ3) is 1.60. The van der Waals surface area contributed by atoms with Crippen molar-refractivity contribution in [3.63, 3.8) is 0 Å². The molecule has 1 heterocycles. The molecule has 0 saturated carbocycles. The Morgan fingerprint density at radius 2 is 2.08 bits per heavy atom. The molecule has 0 saturated heterocycles. The van der Waals surface area contributed by atoms with Crippen molar-refractivity contribution in [3.05, 3.63) is 41.1 Å².